The van der Waals surface area contributed by atoms with Crippen LogP contribution in [-0.2, 0) is 36.7 Å². The summed E-state index contributed by atoms with van der Waals surface area (Å²) in [5.74, 6) is 2.54. The minimum Gasteiger partial charge on any atom is -0.512 e. The van der Waals surface area contributed by atoms with E-state index in [-0.39, 0.29) is 47.9 Å². The molecule has 3 aromatic heterocycles. The van der Waals surface area contributed by atoms with E-state index in [0.717, 1.165) is 87.8 Å². The molecule has 295 valence electrons. The molecule has 55 heavy (non-hydrogen) atoms. The second kappa shape index (κ2) is 17.4. The van der Waals surface area contributed by atoms with Crippen LogP contribution in [0.15, 0.2) is 87.5 Å². The molecule has 0 aliphatic rings. The van der Waals surface area contributed by atoms with E-state index in [4.69, 9.17) is 13.8 Å². The number of hydrogen-bond donors (Lipinski definition) is 1. The maximum atomic E-state index is 12.2. The third kappa shape index (κ3) is 9.19. The minimum atomic E-state index is -0.337. The molecular formula is C49H60IrNO4-. The van der Waals surface area contributed by atoms with Gasteiger partial charge in [-0.2, -0.15) is 0 Å². The van der Waals surface area contributed by atoms with Gasteiger partial charge in [-0.1, -0.05) is 117 Å². The number of pyridine rings is 1. The van der Waals surface area contributed by atoms with Crippen molar-refractivity contribution in [3.05, 3.63) is 102 Å². The molecule has 1 N–H and O–H groups in total. The maximum Gasteiger partial charge on any atom is 0.164 e. The molecule has 6 rings (SSSR count). The zero-order valence-electron chi connectivity index (χ0n) is 35.0. The average Bonchev–Trinajstić information content (AvgIpc) is 3.72. The van der Waals surface area contributed by atoms with Gasteiger partial charge in [0.25, 0.3) is 0 Å². The Morgan fingerprint density at radius 1 is 0.818 bits per heavy atom. The Balaban J connectivity index is 0.000000320. The number of nitrogens with zero attached hydrogens (tertiary/aromatic N) is 1. The van der Waals surface area contributed by atoms with Gasteiger partial charge in [0.1, 0.15) is 28.4 Å². The van der Waals surface area contributed by atoms with Gasteiger partial charge in [0, 0.05) is 59.7 Å². The third-order valence-corrected chi connectivity index (χ3v) is 11.7. The van der Waals surface area contributed by atoms with Crippen molar-refractivity contribution in [2.75, 3.05) is 0 Å². The molecule has 0 aliphatic carbocycles. The number of aromatic nitrogens is 1. The number of aryl methyl sites for hydroxylation is 1. The first-order valence-electron chi connectivity index (χ1n) is 19.8. The Hall–Kier alpha value is -3.99. The van der Waals surface area contributed by atoms with Gasteiger partial charge in [0.05, 0.1) is 5.56 Å². The number of carbonyl (C=O) groups excluding carboxylic acids is 1. The van der Waals surface area contributed by atoms with Gasteiger partial charge in [-0.25, -0.2) is 0 Å². The van der Waals surface area contributed by atoms with Crippen molar-refractivity contribution in [3.63, 3.8) is 0 Å². The fraction of sp³-hybridized carbons (Fsp3) is 0.429. The number of rotatable bonds is 11. The zero-order valence-corrected chi connectivity index (χ0v) is 37.4. The predicted octanol–water partition coefficient (Wildman–Crippen LogP) is 14.3. The first kappa shape index (κ1) is 43.7. The summed E-state index contributed by atoms with van der Waals surface area (Å²) < 4.78 is 12.6. The fourth-order valence-electron chi connectivity index (χ4n) is 7.13. The van der Waals surface area contributed by atoms with Crippen molar-refractivity contribution in [2.45, 2.75) is 121 Å². The number of allylic oxidation sites excluding steroid dienone is 2. The molecule has 1 radical (unpaired) electrons. The number of hydrogen-bond acceptors (Lipinski definition) is 5. The van der Waals surface area contributed by atoms with Crippen LogP contribution in [0.25, 0.3) is 55.3 Å². The first-order valence-corrected chi connectivity index (χ1v) is 19.8. The summed E-state index contributed by atoms with van der Waals surface area (Å²) in [5.41, 5.74) is 6.54. The summed E-state index contributed by atoms with van der Waals surface area (Å²) in [6, 6.07) is 24.9. The van der Waals surface area contributed by atoms with E-state index in [0.29, 0.717) is 5.92 Å². The van der Waals surface area contributed by atoms with Crippen molar-refractivity contribution in [1.82, 2.24) is 4.98 Å². The zero-order chi connectivity index (χ0) is 39.6. The second-order valence-electron chi connectivity index (χ2n) is 17.0. The number of fused-ring (bicyclic) bond motifs is 3. The van der Waals surface area contributed by atoms with E-state index >= 15 is 0 Å². The van der Waals surface area contributed by atoms with Crippen LogP contribution in [-0.4, -0.2) is 15.9 Å². The predicted molar refractivity (Wildman–Crippen MR) is 226 cm³/mol. The van der Waals surface area contributed by atoms with Crippen LogP contribution >= 0.6 is 0 Å². The molecule has 0 saturated carbocycles. The van der Waals surface area contributed by atoms with Crippen molar-refractivity contribution in [3.8, 4) is 22.6 Å². The molecule has 0 aliphatic heterocycles. The van der Waals surface area contributed by atoms with Gasteiger partial charge in [-0.15, -0.1) is 29.1 Å². The summed E-state index contributed by atoms with van der Waals surface area (Å²) in [6.45, 7) is 25.3. The Morgan fingerprint density at radius 2 is 1.47 bits per heavy atom. The number of ketones is 1. The molecule has 0 bridgehead atoms. The van der Waals surface area contributed by atoms with Gasteiger partial charge in [-0.3, -0.25) is 9.78 Å². The van der Waals surface area contributed by atoms with Crippen LogP contribution < -0.4 is 0 Å². The number of carbonyl (C=O) groups is 1. The van der Waals surface area contributed by atoms with E-state index in [9.17, 15) is 9.90 Å². The average molecular weight is 919 g/mol. The normalized spacial score (nSPS) is 12.6. The van der Waals surface area contributed by atoms with E-state index < -0.39 is 0 Å². The molecule has 0 fully saturated rings. The standard InChI is InChI=1S/C34H32NO2.C15H28O2.Ir/c1-20(2)15-22-11-12-26-30(16-22)36-21(3)32(26)31-19-27-29(37-31)13-14-35-33(27)24-17-23-9-7-8-10-25(23)28(18-24)34(4,5)6;1-7-14(5,8-2)12(16)11-13(17)15(6,9-3)10-4;/h7-14,16,18-20H,15H2,1-6H3;11,16H,7-10H2,1-6H3;/q-1;;/b;12-11-;. The van der Waals surface area contributed by atoms with E-state index in [1.54, 1.807) is 0 Å². The Labute approximate surface area is 342 Å². The van der Waals surface area contributed by atoms with Crippen LogP contribution in [0.4, 0.5) is 0 Å². The van der Waals surface area contributed by atoms with E-state index in [2.05, 4.69) is 95.3 Å². The fourth-order valence-corrected chi connectivity index (χ4v) is 7.13. The van der Waals surface area contributed by atoms with Crippen molar-refractivity contribution < 1.29 is 38.8 Å². The smallest absolute Gasteiger partial charge is 0.164 e. The molecule has 6 heteroatoms. The topological polar surface area (TPSA) is 76.5 Å². The monoisotopic (exact) mass is 919 g/mol. The molecule has 0 atom stereocenters. The number of aliphatic hydroxyl groups is 1. The summed E-state index contributed by atoms with van der Waals surface area (Å²) >= 11 is 0. The van der Waals surface area contributed by atoms with Gasteiger partial charge >= 0.3 is 0 Å². The molecule has 0 spiro atoms. The van der Waals surface area contributed by atoms with E-state index in [1.807, 2.05) is 60.7 Å². The van der Waals surface area contributed by atoms with Crippen LogP contribution in [0.1, 0.15) is 119 Å². The van der Waals surface area contributed by atoms with Gasteiger partial charge in [0.2, 0.25) is 0 Å². The van der Waals surface area contributed by atoms with Crippen LogP contribution in [0, 0.1) is 29.7 Å². The van der Waals surface area contributed by atoms with Crippen LogP contribution in [0.2, 0.25) is 0 Å². The molecule has 5 nitrogen and oxygen atoms in total. The molecule has 0 amide bonds. The summed E-state index contributed by atoms with van der Waals surface area (Å²) in [7, 11) is 0. The molecular weight excluding hydrogens is 859 g/mol. The summed E-state index contributed by atoms with van der Waals surface area (Å²) in [6.07, 6.45) is 7.61. The number of furan rings is 2. The quantitative estimate of drug-likeness (QED) is 0.0796. The molecule has 3 aromatic carbocycles. The largest absolute Gasteiger partial charge is 0.512 e. The number of benzene rings is 3. The third-order valence-electron chi connectivity index (χ3n) is 11.7. The Morgan fingerprint density at radius 3 is 2.09 bits per heavy atom. The maximum absolute atomic E-state index is 12.2. The Bertz CT molecular complexity index is 2290. The van der Waals surface area contributed by atoms with E-state index in [1.165, 1.54) is 22.6 Å². The first-order chi connectivity index (χ1) is 25.5. The minimum absolute atomic E-state index is 0. The van der Waals surface area contributed by atoms with Gasteiger partial charge in [-0.05, 0) is 74.1 Å². The van der Waals surface area contributed by atoms with Gasteiger partial charge in [0.15, 0.2) is 5.78 Å². The molecule has 0 saturated heterocycles. The van der Waals surface area contributed by atoms with Crippen molar-refractivity contribution in [2.24, 2.45) is 16.7 Å². The van der Waals surface area contributed by atoms with Crippen molar-refractivity contribution >= 4 is 38.5 Å². The Kier molecular flexibility index (Phi) is 13.9. The van der Waals surface area contributed by atoms with Gasteiger partial charge < -0.3 is 13.9 Å². The van der Waals surface area contributed by atoms with Crippen LogP contribution in [0.5, 0.6) is 0 Å². The summed E-state index contributed by atoms with van der Waals surface area (Å²) in [5, 5.41) is 14.5. The molecule has 0 unspecified atom stereocenters. The SMILES string of the molecule is CCC(C)(CC)C(=O)/C=C(\O)C(C)(CC)CC.Cc1oc2cc(CC(C)C)ccc2c1-c1cc2c(-c3[c-]c4ccccc4c(C(C)(C)C)c3)nccc2o1.[Ir]. The molecule has 3 heterocycles. The summed E-state index contributed by atoms with van der Waals surface area (Å²) in [4.78, 5) is 17.0. The van der Waals surface area contributed by atoms with Crippen molar-refractivity contribution in [1.29, 1.82) is 0 Å². The second-order valence-corrected chi connectivity index (χ2v) is 17.0. The van der Waals surface area contributed by atoms with Crippen LogP contribution in [0.3, 0.4) is 0 Å². The molecule has 6 aromatic rings. The number of aliphatic hydroxyl groups excluding tert-OH is 1.